The minimum Gasteiger partial charge on any atom is -0.481 e. The molecule has 1 rings (SSSR count). The van der Waals surface area contributed by atoms with Gasteiger partial charge < -0.3 is 100 Å². The van der Waals surface area contributed by atoms with Gasteiger partial charge in [-0.1, -0.05) is 96.5 Å². The van der Waals surface area contributed by atoms with E-state index in [-0.39, 0.29) is 45.3 Å². The minimum absolute atomic E-state index is 0.0458. The zero-order valence-corrected chi connectivity index (χ0v) is 50.7. The summed E-state index contributed by atoms with van der Waals surface area (Å²) in [7, 11) is 0. The molecule has 1 aliphatic rings. The summed E-state index contributed by atoms with van der Waals surface area (Å²) in [6, 6.07) is -16.0. The lowest BCUT2D eigenvalue weighted by Crippen LogP contribution is -2.63. The van der Waals surface area contributed by atoms with Crippen LogP contribution in [0.25, 0.3) is 0 Å². The first-order valence-electron chi connectivity index (χ1n) is 29.7. The lowest BCUT2D eigenvalue weighted by Gasteiger charge is -2.29. The van der Waals surface area contributed by atoms with Crippen molar-refractivity contribution in [1.29, 1.82) is 0 Å². The number of carbonyl (C=O) groups is 12. The molecule has 6 unspecified atom stereocenters. The van der Waals surface area contributed by atoms with Gasteiger partial charge in [0.2, 0.25) is 47.3 Å². The quantitative estimate of drug-likeness (QED) is 0.0134. The number of aliphatic hydroxyl groups excluding tert-OH is 4. The van der Waals surface area contributed by atoms with Crippen molar-refractivity contribution in [3.05, 3.63) is 11.8 Å². The summed E-state index contributed by atoms with van der Waals surface area (Å²) < 4.78 is 5.35. The Morgan fingerprint density at radius 2 is 1.08 bits per heavy atom. The third-order valence-electron chi connectivity index (χ3n) is 14.0. The minimum atomic E-state index is -2.77. The third kappa shape index (κ3) is 30.7. The number of carboxylic acid groups (broad SMARTS) is 2. The molecule has 1 fully saturated rings. The molecular formula is C55H95ClN12O19. The van der Waals surface area contributed by atoms with Gasteiger partial charge in [-0.3, -0.25) is 47.9 Å². The zero-order chi connectivity index (χ0) is 65.6. The highest BCUT2D eigenvalue weighted by Crippen LogP contribution is 2.15. The first kappa shape index (κ1) is 78.4. The average Bonchev–Trinajstić information content (AvgIpc) is 3.05. The fourth-order valence-corrected chi connectivity index (χ4v) is 9.11. The maximum Gasteiger partial charge on any atom is 0.335 e. The van der Waals surface area contributed by atoms with Crippen LogP contribution in [0.4, 0.5) is 0 Å². The average molecular weight is 1260 g/mol. The standard InChI is InChI=1S/C55H95ClN12O19/c1-4-6-7-8-9-10-11-12-13-14-15-16-17-20-32(70)27-40(72)60-38-30-87-55(86)43(39(71)29-56)67-46(76)33(5-2)61-52(82)42(31(3)69)66-49(79)36(23-26-59)64-53(83)44(45(75)54(84)85)68-48(78)34(21-18-19-24-57)62-50(80)37(28-41(73)74)65-47(77)35(22-25-58)63-51(38)81/h5,31-32,34-39,42-45,69-71,75H,4,6-30,57-59H2,1-3H3,(H,60,72)(H,61,82)(H,62,80)(H,63,81)(H,64,83)(H,65,77)(H,66,79)(H,67,76)(H,68,78)(H,73,74)(H,84,85)/b33-5+/t31-,32-,34?,35?,36-,37-,38?,39+,42?,43?,44?,45-/m0/s1. The number of hydrogen-bond donors (Lipinski definition) is 18. The van der Waals surface area contributed by atoms with Crippen molar-refractivity contribution in [2.75, 3.05) is 32.1 Å². The van der Waals surface area contributed by atoms with Crippen LogP contribution in [0.15, 0.2) is 11.8 Å². The molecule has 496 valence electrons. The number of halogens is 1. The van der Waals surface area contributed by atoms with Crippen LogP contribution in [-0.4, -0.2) is 207 Å². The van der Waals surface area contributed by atoms with Gasteiger partial charge in [-0.05, 0) is 72.0 Å². The molecule has 0 aromatic rings. The van der Waals surface area contributed by atoms with Crippen LogP contribution in [-0.2, 0) is 62.3 Å². The fourth-order valence-electron chi connectivity index (χ4n) is 8.93. The summed E-state index contributed by atoms with van der Waals surface area (Å²) in [5.41, 5.74) is 16.5. The molecule has 0 aromatic heterocycles. The molecule has 87 heavy (non-hydrogen) atoms. The van der Waals surface area contributed by atoms with E-state index in [1.165, 1.54) is 51.9 Å². The van der Waals surface area contributed by atoms with Crippen LogP contribution in [0, 0.1) is 0 Å². The van der Waals surface area contributed by atoms with E-state index in [1.807, 2.05) is 5.32 Å². The highest BCUT2D eigenvalue weighted by Gasteiger charge is 2.40. The monoisotopic (exact) mass is 1260 g/mol. The van der Waals surface area contributed by atoms with Crippen LogP contribution >= 0.6 is 11.6 Å². The Labute approximate surface area is 511 Å². The maximum atomic E-state index is 14.2. The van der Waals surface area contributed by atoms with Crippen molar-refractivity contribution in [3.8, 4) is 0 Å². The number of unbranched alkanes of at least 4 members (excludes halogenated alkanes) is 13. The molecule has 0 bridgehead atoms. The first-order valence-corrected chi connectivity index (χ1v) is 30.2. The summed E-state index contributed by atoms with van der Waals surface area (Å²) in [5, 5.41) is 82.4. The number of nitrogens with one attached hydrogen (secondary N) is 9. The van der Waals surface area contributed by atoms with E-state index in [0.717, 1.165) is 45.1 Å². The molecule has 1 saturated heterocycles. The number of alkyl halides is 1. The molecule has 0 aromatic carbocycles. The number of carboxylic acids is 2. The molecule has 21 N–H and O–H groups in total. The van der Waals surface area contributed by atoms with E-state index in [0.29, 0.717) is 6.42 Å². The summed E-state index contributed by atoms with van der Waals surface area (Å²) >= 11 is 5.91. The molecule has 1 aliphatic heterocycles. The molecule has 32 heteroatoms. The molecule has 12 atom stereocenters. The van der Waals surface area contributed by atoms with E-state index in [4.69, 9.17) is 33.5 Å². The van der Waals surface area contributed by atoms with Crippen LogP contribution in [0.2, 0.25) is 0 Å². The number of esters is 1. The van der Waals surface area contributed by atoms with Gasteiger partial charge in [0.1, 0.15) is 54.6 Å². The van der Waals surface area contributed by atoms with Crippen molar-refractivity contribution < 1.29 is 92.9 Å². The number of nitrogens with two attached hydrogens (primary N) is 3. The predicted molar refractivity (Wildman–Crippen MR) is 314 cm³/mol. The number of cyclic esters (lactones) is 1. The smallest absolute Gasteiger partial charge is 0.335 e. The summed E-state index contributed by atoms with van der Waals surface area (Å²) in [5.74, 6) is -17.6. The Balaban J connectivity index is 3.87. The Morgan fingerprint density at radius 1 is 0.598 bits per heavy atom. The molecule has 0 spiro atoms. The molecule has 0 saturated carbocycles. The second kappa shape index (κ2) is 43.9. The summed E-state index contributed by atoms with van der Waals surface area (Å²) in [4.78, 5) is 163. The van der Waals surface area contributed by atoms with Crippen molar-refractivity contribution >= 4 is 82.7 Å². The number of ether oxygens (including phenoxy) is 1. The number of allylic oxidation sites excluding steroid dienone is 1. The van der Waals surface area contributed by atoms with E-state index >= 15 is 0 Å². The van der Waals surface area contributed by atoms with Gasteiger partial charge in [-0.25, -0.2) is 9.59 Å². The molecule has 0 radical (unpaired) electrons. The third-order valence-corrected chi connectivity index (χ3v) is 14.3. The second-order valence-electron chi connectivity index (χ2n) is 21.3. The van der Waals surface area contributed by atoms with Gasteiger partial charge in [0, 0.05) is 0 Å². The van der Waals surface area contributed by atoms with Gasteiger partial charge in [-0.2, -0.15) is 0 Å². The predicted octanol–water partition coefficient (Wildman–Crippen LogP) is -3.60. The lowest BCUT2D eigenvalue weighted by molar-refractivity contribution is -0.153. The van der Waals surface area contributed by atoms with Gasteiger partial charge >= 0.3 is 17.9 Å². The van der Waals surface area contributed by atoms with E-state index in [9.17, 15) is 88.2 Å². The van der Waals surface area contributed by atoms with E-state index in [1.54, 1.807) is 0 Å². The number of aliphatic carboxylic acids is 2. The largest absolute Gasteiger partial charge is 0.481 e. The molecule has 1 heterocycles. The Morgan fingerprint density at radius 3 is 1.57 bits per heavy atom. The lowest BCUT2D eigenvalue weighted by atomic mass is 10.0. The fraction of sp³-hybridized carbons (Fsp3) is 0.745. The Bertz CT molecular complexity index is 2270. The van der Waals surface area contributed by atoms with Crippen molar-refractivity contribution in [2.24, 2.45) is 17.2 Å². The van der Waals surface area contributed by atoms with Gasteiger partial charge in [0.05, 0.1) is 37.0 Å². The highest BCUT2D eigenvalue weighted by atomic mass is 35.5. The van der Waals surface area contributed by atoms with Crippen LogP contribution in [0.5, 0.6) is 0 Å². The SMILES string of the molecule is C/C=C1/NC(=O)C([C@H](C)O)NC(=O)[C@H](CCN)NC(=O)C([C@H](O)C(=O)O)NC(=O)C(CCCCN)NC(=O)[C@H](CC(=O)O)NC(=O)C(CCN)NC(=O)C(NC(=O)C[C@@H](O)CCCCCCCCCCCCCCC)COC(=O)C([C@H](O)CCl)NC1=O. The van der Waals surface area contributed by atoms with Gasteiger partial charge in [0.25, 0.3) is 5.91 Å². The Kier molecular flexibility index (Phi) is 39.6. The summed E-state index contributed by atoms with van der Waals surface area (Å²) in [6.45, 7) is 2.64. The van der Waals surface area contributed by atoms with E-state index < -0.39 is 188 Å². The van der Waals surface area contributed by atoms with Gasteiger partial charge in [0.15, 0.2) is 12.1 Å². The van der Waals surface area contributed by atoms with E-state index in [2.05, 4.69) is 49.5 Å². The zero-order valence-electron chi connectivity index (χ0n) is 50.0. The van der Waals surface area contributed by atoms with Crippen LogP contribution < -0.4 is 65.1 Å². The van der Waals surface area contributed by atoms with Crippen LogP contribution in [0.1, 0.15) is 156 Å². The number of carbonyl (C=O) groups excluding carboxylic acids is 10. The number of hydrogen-bond acceptors (Lipinski definition) is 20. The number of amides is 9. The molecular weight excluding hydrogens is 1170 g/mol. The number of rotatable bonds is 32. The van der Waals surface area contributed by atoms with Crippen molar-refractivity contribution in [2.45, 2.75) is 228 Å². The van der Waals surface area contributed by atoms with Gasteiger partial charge in [-0.15, -0.1) is 11.6 Å². The highest BCUT2D eigenvalue weighted by molar-refractivity contribution is 6.18. The molecule has 0 aliphatic carbocycles. The topological polar surface area (TPSA) is 522 Å². The first-order chi connectivity index (χ1) is 41.3. The Hall–Kier alpha value is -6.61. The summed E-state index contributed by atoms with van der Waals surface area (Å²) in [6.07, 6.45) is 4.71. The normalized spacial score (nSPS) is 23.9. The van der Waals surface area contributed by atoms with Crippen molar-refractivity contribution in [1.82, 2.24) is 47.9 Å². The second-order valence-corrected chi connectivity index (χ2v) is 21.6. The van der Waals surface area contributed by atoms with Crippen LogP contribution in [0.3, 0.4) is 0 Å². The number of aliphatic hydroxyl groups is 4. The van der Waals surface area contributed by atoms with Crippen molar-refractivity contribution in [3.63, 3.8) is 0 Å². The maximum absolute atomic E-state index is 14.2. The molecule has 9 amide bonds. The molecule has 31 nitrogen and oxygen atoms in total.